The van der Waals surface area contributed by atoms with Crippen molar-refractivity contribution in [2.75, 3.05) is 6.54 Å². The monoisotopic (exact) mass is 306 g/mol. The van der Waals surface area contributed by atoms with E-state index in [1.54, 1.807) is 19.2 Å². The summed E-state index contributed by atoms with van der Waals surface area (Å²) in [5.74, 6) is -1.48. The number of nitrogens with one attached hydrogen (secondary N) is 1. The quantitative estimate of drug-likeness (QED) is 0.896. The second-order valence-electron chi connectivity index (χ2n) is 5.56. The van der Waals surface area contributed by atoms with Crippen LogP contribution in [0.1, 0.15) is 34.1 Å². The third-order valence-corrected chi connectivity index (χ3v) is 4.03. The summed E-state index contributed by atoms with van der Waals surface area (Å²) in [7, 11) is 0. The van der Waals surface area contributed by atoms with E-state index in [4.69, 9.17) is 0 Å². The first-order valence-corrected chi connectivity index (χ1v) is 7.05. The van der Waals surface area contributed by atoms with Gasteiger partial charge in [0.1, 0.15) is 17.3 Å². The number of benzene rings is 1. The molecule has 0 bridgehead atoms. The van der Waals surface area contributed by atoms with E-state index >= 15 is 0 Å². The van der Waals surface area contributed by atoms with Crippen LogP contribution in [0.3, 0.4) is 0 Å². The fraction of sp³-hybridized carbons (Fsp3) is 0.312. The van der Waals surface area contributed by atoms with Crippen molar-refractivity contribution in [2.24, 2.45) is 0 Å². The molecule has 0 aliphatic carbocycles. The molecule has 1 aromatic carbocycles. The zero-order valence-electron chi connectivity index (χ0n) is 12.0. The molecule has 3 rings (SSSR count). The van der Waals surface area contributed by atoms with Crippen molar-refractivity contribution < 1.29 is 18.7 Å². The second kappa shape index (κ2) is 5.53. The number of nitrogens with zero attached hydrogens (tertiary/aromatic N) is 1. The van der Waals surface area contributed by atoms with E-state index in [1.807, 2.05) is 0 Å². The normalized spacial score (nSPS) is 21.4. The van der Waals surface area contributed by atoms with E-state index in [0.29, 0.717) is 5.69 Å². The minimum Gasteiger partial charge on any atom is -0.391 e. The van der Waals surface area contributed by atoms with Crippen LogP contribution in [0.25, 0.3) is 0 Å². The molecule has 2 atom stereocenters. The first-order valence-electron chi connectivity index (χ1n) is 7.05. The van der Waals surface area contributed by atoms with Crippen LogP contribution in [0.2, 0.25) is 0 Å². The average Bonchev–Trinajstić information content (AvgIpc) is 3.07. The Morgan fingerprint density at radius 1 is 1.36 bits per heavy atom. The Kier molecular flexibility index (Phi) is 3.70. The Hall–Kier alpha value is -2.21. The Balaban J connectivity index is 1.98. The summed E-state index contributed by atoms with van der Waals surface area (Å²) in [6.45, 7) is 1.88. The molecule has 2 aromatic rings. The molecule has 116 valence electrons. The summed E-state index contributed by atoms with van der Waals surface area (Å²) in [5, 5.41) is 9.89. The number of halogens is 2. The number of H-pyrrole nitrogens is 1. The lowest BCUT2D eigenvalue weighted by molar-refractivity contribution is 0.0707. The van der Waals surface area contributed by atoms with Crippen LogP contribution in [-0.4, -0.2) is 33.5 Å². The molecule has 1 aromatic heterocycles. The number of rotatable bonds is 2. The molecule has 22 heavy (non-hydrogen) atoms. The summed E-state index contributed by atoms with van der Waals surface area (Å²) < 4.78 is 27.4. The van der Waals surface area contributed by atoms with Crippen LogP contribution < -0.4 is 0 Å². The lowest BCUT2D eigenvalue weighted by atomic mass is 10.0. The molecule has 1 amide bonds. The van der Waals surface area contributed by atoms with Gasteiger partial charge in [0.2, 0.25) is 0 Å². The number of aliphatic hydroxyl groups excluding tert-OH is 1. The Bertz CT molecular complexity index is 714. The maximum atomic E-state index is 14.0. The Morgan fingerprint density at radius 3 is 2.82 bits per heavy atom. The first-order chi connectivity index (χ1) is 10.5. The minimum absolute atomic E-state index is 0.0918. The summed E-state index contributed by atoms with van der Waals surface area (Å²) >= 11 is 0. The lowest BCUT2D eigenvalue weighted by Gasteiger charge is -2.25. The van der Waals surface area contributed by atoms with Gasteiger partial charge in [-0.1, -0.05) is 0 Å². The number of hydrogen-bond acceptors (Lipinski definition) is 2. The van der Waals surface area contributed by atoms with Crippen molar-refractivity contribution in [3.8, 4) is 0 Å². The maximum Gasteiger partial charge on any atom is 0.271 e. The zero-order valence-corrected chi connectivity index (χ0v) is 12.0. The molecule has 1 aliphatic heterocycles. The fourth-order valence-electron chi connectivity index (χ4n) is 2.92. The third-order valence-electron chi connectivity index (χ3n) is 4.03. The number of β-amino-alcohol motifs (C(OH)–C–C–N with tert-alkyl or cyclic N) is 1. The molecule has 1 aliphatic rings. The molecular weight excluding hydrogens is 290 g/mol. The number of aliphatic hydroxyl groups is 1. The standard InChI is InChI=1S/C16H16F2N2O2/c1-9-4-5-19-15(9)16(22)20-8-11(21)7-14(20)12-6-10(17)2-3-13(12)18/h2-6,11,14,19,21H,7-8H2,1H3/t11-,14+/m0/s1. The average molecular weight is 306 g/mol. The number of aromatic nitrogens is 1. The van der Waals surface area contributed by atoms with Crippen LogP contribution in [-0.2, 0) is 0 Å². The summed E-state index contributed by atoms with van der Waals surface area (Å²) in [6.07, 6.45) is 1.07. The van der Waals surface area contributed by atoms with Crippen molar-refractivity contribution >= 4 is 5.91 Å². The third kappa shape index (κ3) is 2.50. The number of carbonyl (C=O) groups is 1. The molecule has 0 spiro atoms. The van der Waals surface area contributed by atoms with E-state index in [1.165, 1.54) is 4.90 Å². The highest BCUT2D eigenvalue weighted by Gasteiger charge is 2.37. The lowest BCUT2D eigenvalue weighted by Crippen LogP contribution is -2.32. The van der Waals surface area contributed by atoms with E-state index < -0.39 is 23.8 Å². The first kappa shape index (κ1) is 14.7. The molecule has 1 saturated heterocycles. The number of likely N-dealkylation sites (tertiary alicyclic amines) is 1. The molecule has 6 heteroatoms. The number of hydrogen-bond donors (Lipinski definition) is 2. The van der Waals surface area contributed by atoms with Gasteiger partial charge in [-0.25, -0.2) is 8.78 Å². The van der Waals surface area contributed by atoms with E-state index in [2.05, 4.69) is 4.98 Å². The van der Waals surface area contributed by atoms with Gasteiger partial charge in [-0.05, 0) is 43.2 Å². The SMILES string of the molecule is Cc1cc[nH]c1C(=O)N1C[C@@H](O)C[C@@H]1c1cc(F)ccc1F. The molecule has 1 fully saturated rings. The Labute approximate surface area is 126 Å². The fourth-order valence-corrected chi connectivity index (χ4v) is 2.92. The largest absolute Gasteiger partial charge is 0.391 e. The van der Waals surface area contributed by atoms with Gasteiger partial charge in [0, 0.05) is 18.3 Å². The predicted octanol–water partition coefficient (Wildman–Crippen LogP) is 2.55. The topological polar surface area (TPSA) is 56.3 Å². The molecule has 4 nitrogen and oxygen atoms in total. The predicted molar refractivity (Wildman–Crippen MR) is 76.3 cm³/mol. The molecule has 2 heterocycles. The van der Waals surface area contributed by atoms with Gasteiger partial charge in [-0.2, -0.15) is 0 Å². The van der Waals surface area contributed by atoms with Gasteiger partial charge in [-0.15, -0.1) is 0 Å². The van der Waals surface area contributed by atoms with Crippen molar-refractivity contribution in [1.29, 1.82) is 0 Å². The van der Waals surface area contributed by atoms with Crippen molar-refractivity contribution in [3.05, 3.63) is 58.9 Å². The van der Waals surface area contributed by atoms with Crippen molar-refractivity contribution in [1.82, 2.24) is 9.88 Å². The zero-order chi connectivity index (χ0) is 15.9. The van der Waals surface area contributed by atoms with Crippen molar-refractivity contribution in [2.45, 2.75) is 25.5 Å². The molecule has 0 saturated carbocycles. The van der Waals surface area contributed by atoms with E-state index in [0.717, 1.165) is 23.8 Å². The van der Waals surface area contributed by atoms with Crippen LogP contribution in [0.4, 0.5) is 8.78 Å². The minimum atomic E-state index is -0.758. The smallest absolute Gasteiger partial charge is 0.271 e. The van der Waals surface area contributed by atoms with Gasteiger partial charge in [0.25, 0.3) is 5.91 Å². The maximum absolute atomic E-state index is 14.0. The van der Waals surface area contributed by atoms with Crippen LogP contribution in [0.15, 0.2) is 30.5 Å². The summed E-state index contributed by atoms with van der Waals surface area (Å²) in [4.78, 5) is 16.9. The van der Waals surface area contributed by atoms with Gasteiger partial charge in [0.15, 0.2) is 0 Å². The number of aryl methyl sites for hydroxylation is 1. The van der Waals surface area contributed by atoms with E-state index in [9.17, 15) is 18.7 Å². The van der Waals surface area contributed by atoms with Gasteiger partial charge >= 0.3 is 0 Å². The van der Waals surface area contributed by atoms with Crippen molar-refractivity contribution in [3.63, 3.8) is 0 Å². The molecule has 2 N–H and O–H groups in total. The molecule has 0 unspecified atom stereocenters. The molecular formula is C16H16F2N2O2. The highest BCUT2D eigenvalue weighted by molar-refractivity contribution is 5.94. The van der Waals surface area contributed by atoms with Crippen LogP contribution in [0, 0.1) is 18.6 Å². The number of aromatic amines is 1. The van der Waals surface area contributed by atoms with Crippen LogP contribution in [0.5, 0.6) is 0 Å². The van der Waals surface area contributed by atoms with Gasteiger partial charge in [-0.3, -0.25) is 4.79 Å². The number of carbonyl (C=O) groups excluding carboxylic acids is 1. The number of amides is 1. The highest BCUT2D eigenvalue weighted by Crippen LogP contribution is 2.35. The van der Waals surface area contributed by atoms with Gasteiger partial charge < -0.3 is 15.0 Å². The van der Waals surface area contributed by atoms with E-state index in [-0.39, 0.29) is 24.4 Å². The van der Waals surface area contributed by atoms with Gasteiger partial charge in [0.05, 0.1) is 12.1 Å². The van der Waals surface area contributed by atoms with Crippen LogP contribution >= 0.6 is 0 Å². The summed E-state index contributed by atoms with van der Waals surface area (Å²) in [5.41, 5.74) is 1.26. The Morgan fingerprint density at radius 2 is 2.14 bits per heavy atom. The highest BCUT2D eigenvalue weighted by atomic mass is 19.1. The summed E-state index contributed by atoms with van der Waals surface area (Å²) in [6, 6.07) is 4.24. The second-order valence-corrected chi connectivity index (χ2v) is 5.56. The molecule has 0 radical (unpaired) electrons.